The lowest BCUT2D eigenvalue weighted by Gasteiger charge is -1.96. The topological polar surface area (TPSA) is 56.2 Å². The number of imidazole rings is 1. The lowest BCUT2D eigenvalue weighted by atomic mass is 10.3. The fraction of sp³-hybridized carbons (Fsp3) is 0.556. The zero-order chi connectivity index (χ0) is 10.1. The van der Waals surface area contributed by atoms with Gasteiger partial charge in [-0.25, -0.2) is 9.50 Å². The summed E-state index contributed by atoms with van der Waals surface area (Å²) in [5, 5.41) is 5.57. The standard InChI is InChI=1S/C9H14N4S.ClH/c1-3-4-8-12-13-5-7(6(2)10)11-9(13)14-8;/h5-6H,3-4,10H2,1-2H3;1H. The third-order valence-corrected chi connectivity index (χ3v) is 3.02. The molecule has 0 aliphatic carbocycles. The van der Waals surface area contributed by atoms with Gasteiger partial charge in [-0.1, -0.05) is 18.3 Å². The summed E-state index contributed by atoms with van der Waals surface area (Å²) in [7, 11) is 0. The van der Waals surface area contributed by atoms with Gasteiger partial charge in [0.2, 0.25) is 4.96 Å². The largest absolute Gasteiger partial charge is 0.323 e. The predicted octanol–water partition coefficient (Wildman–Crippen LogP) is 2.18. The van der Waals surface area contributed by atoms with Crippen LogP contribution in [-0.2, 0) is 6.42 Å². The molecule has 2 rings (SSSR count). The normalized spacial score (nSPS) is 12.7. The van der Waals surface area contributed by atoms with E-state index in [4.69, 9.17) is 5.73 Å². The Bertz CT molecular complexity index is 403. The Morgan fingerprint density at radius 1 is 1.60 bits per heavy atom. The van der Waals surface area contributed by atoms with Crippen molar-refractivity contribution in [3.8, 4) is 0 Å². The molecule has 84 valence electrons. The number of fused-ring (bicyclic) bond motifs is 1. The number of aryl methyl sites for hydroxylation is 1. The molecular formula is C9H15ClN4S. The van der Waals surface area contributed by atoms with E-state index in [1.54, 1.807) is 11.3 Å². The molecule has 2 aromatic heterocycles. The van der Waals surface area contributed by atoms with Gasteiger partial charge in [-0.3, -0.25) is 0 Å². The first-order chi connectivity index (χ1) is 6.70. The quantitative estimate of drug-likeness (QED) is 0.903. The molecule has 0 saturated heterocycles. The van der Waals surface area contributed by atoms with Crippen LogP contribution >= 0.6 is 23.7 Å². The molecule has 2 aromatic rings. The van der Waals surface area contributed by atoms with Gasteiger partial charge in [0.15, 0.2) is 0 Å². The van der Waals surface area contributed by atoms with Gasteiger partial charge in [-0.2, -0.15) is 5.10 Å². The van der Waals surface area contributed by atoms with Crippen molar-refractivity contribution in [2.24, 2.45) is 5.73 Å². The second-order valence-corrected chi connectivity index (χ2v) is 4.47. The van der Waals surface area contributed by atoms with Crippen LogP contribution in [0.5, 0.6) is 0 Å². The van der Waals surface area contributed by atoms with Crippen LogP contribution in [0.2, 0.25) is 0 Å². The van der Waals surface area contributed by atoms with Gasteiger partial charge < -0.3 is 5.73 Å². The van der Waals surface area contributed by atoms with Crippen molar-refractivity contribution in [2.75, 3.05) is 0 Å². The van der Waals surface area contributed by atoms with E-state index in [2.05, 4.69) is 17.0 Å². The maximum absolute atomic E-state index is 5.73. The van der Waals surface area contributed by atoms with Crippen molar-refractivity contribution in [3.63, 3.8) is 0 Å². The van der Waals surface area contributed by atoms with E-state index >= 15 is 0 Å². The minimum Gasteiger partial charge on any atom is -0.323 e. The molecule has 0 saturated carbocycles. The van der Waals surface area contributed by atoms with Crippen LogP contribution < -0.4 is 5.73 Å². The van der Waals surface area contributed by atoms with Gasteiger partial charge in [-0.05, 0) is 13.3 Å². The average Bonchev–Trinajstić information content (AvgIpc) is 2.61. The fourth-order valence-corrected chi connectivity index (χ4v) is 2.28. The summed E-state index contributed by atoms with van der Waals surface area (Å²) in [6.45, 7) is 4.08. The average molecular weight is 247 g/mol. The number of halogens is 1. The minimum absolute atomic E-state index is 0. The summed E-state index contributed by atoms with van der Waals surface area (Å²) in [6, 6.07) is -0.0153. The summed E-state index contributed by atoms with van der Waals surface area (Å²) in [5.74, 6) is 0. The summed E-state index contributed by atoms with van der Waals surface area (Å²) in [4.78, 5) is 5.35. The second kappa shape index (κ2) is 4.92. The number of aromatic nitrogens is 3. The van der Waals surface area contributed by atoms with E-state index in [1.165, 1.54) is 0 Å². The van der Waals surface area contributed by atoms with Crippen molar-refractivity contribution in [1.29, 1.82) is 0 Å². The highest BCUT2D eigenvalue weighted by Gasteiger charge is 2.09. The van der Waals surface area contributed by atoms with Crippen LogP contribution in [0.3, 0.4) is 0 Å². The molecule has 2 heterocycles. The molecule has 4 nitrogen and oxygen atoms in total. The Morgan fingerprint density at radius 2 is 2.33 bits per heavy atom. The molecule has 0 spiro atoms. The highest BCUT2D eigenvalue weighted by molar-refractivity contribution is 7.16. The predicted molar refractivity (Wildman–Crippen MR) is 64.7 cm³/mol. The van der Waals surface area contributed by atoms with Crippen LogP contribution in [0.1, 0.15) is 37.0 Å². The smallest absolute Gasteiger partial charge is 0.212 e. The maximum Gasteiger partial charge on any atom is 0.212 e. The second-order valence-electron chi connectivity index (χ2n) is 3.43. The Labute approximate surface area is 98.9 Å². The first-order valence-electron chi connectivity index (χ1n) is 4.81. The van der Waals surface area contributed by atoms with Crippen molar-refractivity contribution >= 4 is 28.7 Å². The molecule has 0 radical (unpaired) electrons. The van der Waals surface area contributed by atoms with E-state index in [9.17, 15) is 0 Å². The fourth-order valence-electron chi connectivity index (χ4n) is 1.29. The molecule has 0 bridgehead atoms. The van der Waals surface area contributed by atoms with Crippen LogP contribution in [0.25, 0.3) is 4.96 Å². The Hall–Kier alpha value is -0.650. The van der Waals surface area contributed by atoms with Crippen molar-refractivity contribution in [3.05, 3.63) is 16.9 Å². The first kappa shape index (κ1) is 12.4. The number of rotatable bonds is 3. The SMILES string of the molecule is CCCc1nn2cc(C(C)N)nc2s1.Cl. The van der Waals surface area contributed by atoms with Crippen molar-refractivity contribution in [2.45, 2.75) is 32.7 Å². The molecule has 0 fully saturated rings. The van der Waals surface area contributed by atoms with Gasteiger partial charge >= 0.3 is 0 Å². The van der Waals surface area contributed by atoms with E-state index < -0.39 is 0 Å². The summed E-state index contributed by atoms with van der Waals surface area (Å²) in [6.07, 6.45) is 4.06. The maximum atomic E-state index is 5.73. The van der Waals surface area contributed by atoms with Gasteiger partial charge in [0.25, 0.3) is 0 Å². The molecule has 2 N–H and O–H groups in total. The summed E-state index contributed by atoms with van der Waals surface area (Å²) < 4.78 is 1.83. The summed E-state index contributed by atoms with van der Waals surface area (Å²) in [5.41, 5.74) is 6.64. The highest BCUT2D eigenvalue weighted by Crippen LogP contribution is 2.18. The molecule has 1 atom stereocenters. The monoisotopic (exact) mass is 246 g/mol. The van der Waals surface area contributed by atoms with Gasteiger partial charge in [0.05, 0.1) is 11.9 Å². The van der Waals surface area contributed by atoms with Crippen LogP contribution in [0.15, 0.2) is 6.20 Å². The number of nitrogens with zero attached hydrogens (tertiary/aromatic N) is 3. The number of hydrogen-bond acceptors (Lipinski definition) is 4. The Balaban J connectivity index is 0.00000112. The lowest BCUT2D eigenvalue weighted by molar-refractivity contribution is 0.784. The molecule has 0 aliphatic heterocycles. The first-order valence-corrected chi connectivity index (χ1v) is 5.63. The number of nitrogens with two attached hydrogens (primary N) is 1. The zero-order valence-electron chi connectivity index (χ0n) is 8.80. The molecule has 0 aromatic carbocycles. The van der Waals surface area contributed by atoms with Crippen LogP contribution in [0, 0.1) is 0 Å². The third kappa shape index (κ3) is 2.48. The third-order valence-electron chi connectivity index (χ3n) is 2.03. The number of hydrogen-bond donors (Lipinski definition) is 1. The van der Waals surface area contributed by atoms with E-state index in [0.717, 1.165) is 28.5 Å². The van der Waals surface area contributed by atoms with Gasteiger partial charge in [0, 0.05) is 12.5 Å². The zero-order valence-corrected chi connectivity index (χ0v) is 10.4. The van der Waals surface area contributed by atoms with Crippen LogP contribution in [-0.4, -0.2) is 14.6 Å². The molecule has 6 heteroatoms. The molecular weight excluding hydrogens is 232 g/mol. The van der Waals surface area contributed by atoms with Crippen molar-refractivity contribution in [1.82, 2.24) is 14.6 Å². The van der Waals surface area contributed by atoms with Gasteiger partial charge in [0.1, 0.15) is 5.01 Å². The molecule has 0 amide bonds. The minimum atomic E-state index is -0.0153. The Kier molecular flexibility index (Phi) is 4.07. The van der Waals surface area contributed by atoms with E-state index in [1.807, 2.05) is 17.6 Å². The van der Waals surface area contributed by atoms with E-state index in [-0.39, 0.29) is 18.4 Å². The molecule has 1 unspecified atom stereocenters. The van der Waals surface area contributed by atoms with Crippen molar-refractivity contribution < 1.29 is 0 Å². The van der Waals surface area contributed by atoms with Crippen LogP contribution in [0.4, 0.5) is 0 Å². The molecule has 15 heavy (non-hydrogen) atoms. The Morgan fingerprint density at radius 3 is 2.87 bits per heavy atom. The molecule has 0 aliphatic rings. The lowest BCUT2D eigenvalue weighted by Crippen LogP contribution is -2.04. The summed E-state index contributed by atoms with van der Waals surface area (Å²) >= 11 is 1.65. The van der Waals surface area contributed by atoms with E-state index in [0.29, 0.717) is 0 Å². The highest BCUT2D eigenvalue weighted by atomic mass is 35.5. The van der Waals surface area contributed by atoms with Gasteiger partial charge in [-0.15, -0.1) is 12.4 Å².